The summed E-state index contributed by atoms with van der Waals surface area (Å²) in [6.07, 6.45) is 3.03. The first kappa shape index (κ1) is 20.4. The van der Waals surface area contributed by atoms with Crippen molar-refractivity contribution in [2.45, 2.75) is 18.5 Å². The van der Waals surface area contributed by atoms with Gasteiger partial charge in [0.25, 0.3) is 0 Å². The summed E-state index contributed by atoms with van der Waals surface area (Å²) in [4.78, 5) is 52.8. The highest BCUT2D eigenvalue weighted by atomic mass is 32.1. The number of carboxylic acid groups (broad SMARTS) is 1. The van der Waals surface area contributed by atoms with Crippen LogP contribution in [0.15, 0.2) is 12.5 Å². The van der Waals surface area contributed by atoms with Gasteiger partial charge in [-0.3, -0.25) is 14.4 Å². The second-order valence-corrected chi connectivity index (χ2v) is 5.33. The van der Waals surface area contributed by atoms with E-state index < -0.39 is 42.3 Å². The number of aromatic nitrogens is 2. The number of rotatable bonds is 10. The number of carboxylic acids is 1. The first-order chi connectivity index (χ1) is 11.9. The van der Waals surface area contributed by atoms with Crippen LogP contribution in [0.2, 0.25) is 0 Å². The third-order valence-electron chi connectivity index (χ3n) is 3.06. The highest BCUT2D eigenvalue weighted by Gasteiger charge is 2.23. The molecule has 25 heavy (non-hydrogen) atoms. The number of aromatic amines is 1. The van der Waals surface area contributed by atoms with Gasteiger partial charge in [0.15, 0.2) is 0 Å². The predicted molar refractivity (Wildman–Crippen MR) is 89.7 cm³/mol. The molecule has 0 spiro atoms. The number of H-pyrrole nitrogens is 1. The van der Waals surface area contributed by atoms with Crippen LogP contribution in [0.25, 0.3) is 0 Å². The van der Waals surface area contributed by atoms with Crippen LogP contribution in [0, 0.1) is 0 Å². The van der Waals surface area contributed by atoms with Crippen molar-refractivity contribution in [2.75, 3.05) is 18.8 Å². The second kappa shape index (κ2) is 10.3. The van der Waals surface area contributed by atoms with Crippen LogP contribution in [0.3, 0.4) is 0 Å². The van der Waals surface area contributed by atoms with Crippen molar-refractivity contribution in [3.63, 3.8) is 0 Å². The number of thiol groups is 1. The fraction of sp³-hybridized carbons (Fsp3) is 0.462. The smallest absolute Gasteiger partial charge is 0.327 e. The van der Waals surface area contributed by atoms with Crippen LogP contribution >= 0.6 is 12.6 Å². The maximum atomic E-state index is 12.2. The fourth-order valence-corrected chi connectivity index (χ4v) is 2.05. The van der Waals surface area contributed by atoms with Crippen LogP contribution < -0.4 is 21.7 Å². The van der Waals surface area contributed by atoms with Crippen LogP contribution in [0.4, 0.5) is 0 Å². The summed E-state index contributed by atoms with van der Waals surface area (Å²) < 4.78 is 0. The minimum Gasteiger partial charge on any atom is -0.480 e. The van der Waals surface area contributed by atoms with Gasteiger partial charge in [0.05, 0.1) is 19.4 Å². The molecule has 2 atom stereocenters. The number of nitrogens with zero attached hydrogens (tertiary/aromatic N) is 1. The summed E-state index contributed by atoms with van der Waals surface area (Å²) in [6.45, 7) is -0.746. The Labute approximate surface area is 148 Å². The molecule has 1 aromatic heterocycles. The maximum Gasteiger partial charge on any atom is 0.327 e. The number of imidazole rings is 1. The lowest BCUT2D eigenvalue weighted by Gasteiger charge is -2.18. The number of hydrogen-bond donors (Lipinski definition) is 7. The van der Waals surface area contributed by atoms with Gasteiger partial charge >= 0.3 is 5.97 Å². The second-order valence-electron chi connectivity index (χ2n) is 4.96. The van der Waals surface area contributed by atoms with Gasteiger partial charge in [0, 0.05) is 24.1 Å². The van der Waals surface area contributed by atoms with E-state index in [1.807, 2.05) is 0 Å². The number of hydrogen-bond acceptors (Lipinski definition) is 7. The molecule has 0 aliphatic carbocycles. The molecule has 7 N–H and O–H groups in total. The van der Waals surface area contributed by atoms with Gasteiger partial charge in [-0.05, 0) is 0 Å². The molecule has 0 aliphatic heterocycles. The lowest BCUT2D eigenvalue weighted by Crippen LogP contribution is -2.52. The molecule has 1 aromatic rings. The standard InChI is InChI=1S/C13H20N6O5S/c14-2-10(20)18-8(1-7-3-15-6-17-7)12(22)16-4-11(21)19-9(5-25)13(23)24/h3,6,8-9,25H,1-2,4-5,14H2,(H,15,17)(H,16,22)(H,18,20)(H,19,21)(H,23,24). The number of amides is 3. The molecule has 138 valence electrons. The van der Waals surface area contributed by atoms with Gasteiger partial charge < -0.3 is 31.8 Å². The number of nitrogens with two attached hydrogens (primary N) is 1. The van der Waals surface area contributed by atoms with E-state index in [9.17, 15) is 19.2 Å². The molecule has 0 bridgehead atoms. The average Bonchev–Trinajstić information content (AvgIpc) is 3.09. The molecule has 3 amide bonds. The van der Waals surface area contributed by atoms with Crippen molar-refractivity contribution in [1.82, 2.24) is 25.9 Å². The highest BCUT2D eigenvalue weighted by Crippen LogP contribution is 1.99. The third-order valence-corrected chi connectivity index (χ3v) is 3.42. The van der Waals surface area contributed by atoms with Crippen molar-refractivity contribution >= 4 is 36.3 Å². The SMILES string of the molecule is NCC(=O)NC(Cc1cnc[nH]1)C(=O)NCC(=O)NC(CS)C(=O)O. The topological polar surface area (TPSA) is 179 Å². The summed E-state index contributed by atoms with van der Waals surface area (Å²) >= 11 is 3.82. The van der Waals surface area contributed by atoms with Gasteiger partial charge in [0.1, 0.15) is 12.1 Å². The monoisotopic (exact) mass is 372 g/mol. The van der Waals surface area contributed by atoms with E-state index in [0.29, 0.717) is 5.69 Å². The lowest BCUT2D eigenvalue weighted by molar-refractivity contribution is -0.141. The Morgan fingerprint density at radius 3 is 2.44 bits per heavy atom. The Hall–Kier alpha value is -2.60. The minimum atomic E-state index is -1.23. The normalized spacial score (nSPS) is 12.7. The number of aliphatic carboxylic acids is 1. The molecule has 1 heterocycles. The van der Waals surface area contributed by atoms with Gasteiger partial charge in [-0.1, -0.05) is 0 Å². The minimum absolute atomic E-state index is 0.0932. The first-order valence-electron chi connectivity index (χ1n) is 7.24. The Kier molecular flexibility index (Phi) is 8.43. The van der Waals surface area contributed by atoms with Crippen molar-refractivity contribution in [3.8, 4) is 0 Å². The van der Waals surface area contributed by atoms with Crippen LogP contribution in [-0.4, -0.2) is 69.7 Å². The average molecular weight is 372 g/mol. The molecule has 0 fully saturated rings. The molecule has 0 saturated heterocycles. The van der Waals surface area contributed by atoms with Crippen molar-refractivity contribution in [2.24, 2.45) is 5.73 Å². The fourth-order valence-electron chi connectivity index (χ4n) is 1.80. The van der Waals surface area contributed by atoms with E-state index in [-0.39, 0.29) is 18.7 Å². The van der Waals surface area contributed by atoms with Gasteiger partial charge in [0.2, 0.25) is 17.7 Å². The number of carbonyl (C=O) groups excluding carboxylic acids is 3. The van der Waals surface area contributed by atoms with E-state index in [4.69, 9.17) is 10.8 Å². The van der Waals surface area contributed by atoms with Crippen molar-refractivity contribution in [3.05, 3.63) is 18.2 Å². The summed E-state index contributed by atoms with van der Waals surface area (Å²) in [7, 11) is 0. The number of nitrogens with one attached hydrogen (secondary N) is 4. The zero-order valence-corrected chi connectivity index (χ0v) is 14.1. The summed E-state index contributed by atoms with van der Waals surface area (Å²) in [5, 5.41) is 15.8. The first-order valence-corrected chi connectivity index (χ1v) is 7.88. The summed E-state index contributed by atoms with van der Waals surface area (Å²) in [5.74, 6) is -3.18. The molecule has 0 aromatic carbocycles. The Balaban J connectivity index is 2.60. The third kappa shape index (κ3) is 7.22. The largest absolute Gasteiger partial charge is 0.480 e. The molecule has 0 aliphatic rings. The summed E-state index contributed by atoms with van der Waals surface area (Å²) in [6, 6.07) is -2.13. The maximum absolute atomic E-state index is 12.2. The zero-order chi connectivity index (χ0) is 18.8. The highest BCUT2D eigenvalue weighted by molar-refractivity contribution is 7.80. The molecule has 12 heteroatoms. The molecule has 0 radical (unpaired) electrons. The molecule has 2 unspecified atom stereocenters. The quantitative estimate of drug-likeness (QED) is 0.214. The van der Waals surface area contributed by atoms with Crippen LogP contribution in [0.5, 0.6) is 0 Å². The molecular weight excluding hydrogens is 352 g/mol. The Bertz CT molecular complexity index is 608. The van der Waals surface area contributed by atoms with E-state index >= 15 is 0 Å². The summed E-state index contributed by atoms with van der Waals surface area (Å²) in [5.41, 5.74) is 5.82. The Morgan fingerprint density at radius 2 is 1.92 bits per heavy atom. The van der Waals surface area contributed by atoms with Crippen LogP contribution in [0.1, 0.15) is 5.69 Å². The number of carbonyl (C=O) groups is 4. The Morgan fingerprint density at radius 1 is 1.24 bits per heavy atom. The van der Waals surface area contributed by atoms with E-state index in [1.54, 1.807) is 0 Å². The molecular formula is C13H20N6O5S. The van der Waals surface area contributed by atoms with Crippen molar-refractivity contribution in [1.29, 1.82) is 0 Å². The van der Waals surface area contributed by atoms with Crippen molar-refractivity contribution < 1.29 is 24.3 Å². The van der Waals surface area contributed by atoms with E-state index in [1.165, 1.54) is 12.5 Å². The van der Waals surface area contributed by atoms with E-state index in [0.717, 1.165) is 0 Å². The van der Waals surface area contributed by atoms with Gasteiger partial charge in [-0.15, -0.1) is 0 Å². The van der Waals surface area contributed by atoms with Gasteiger partial charge in [-0.2, -0.15) is 12.6 Å². The molecule has 11 nitrogen and oxygen atoms in total. The lowest BCUT2D eigenvalue weighted by atomic mass is 10.1. The van der Waals surface area contributed by atoms with E-state index in [2.05, 4.69) is 38.5 Å². The van der Waals surface area contributed by atoms with Crippen LogP contribution in [-0.2, 0) is 25.6 Å². The zero-order valence-electron chi connectivity index (χ0n) is 13.2. The molecule has 0 saturated carbocycles. The van der Waals surface area contributed by atoms with Gasteiger partial charge in [-0.25, -0.2) is 9.78 Å². The molecule has 1 rings (SSSR count). The predicted octanol–water partition coefficient (Wildman–Crippen LogP) is -2.99.